The minimum atomic E-state index is -0.209. The van der Waals surface area contributed by atoms with Crippen molar-refractivity contribution in [2.24, 2.45) is 7.05 Å². The smallest absolute Gasteiger partial charge is 0.258 e. The second kappa shape index (κ2) is 4.65. The Labute approximate surface area is 113 Å². The number of benzene rings is 1. The molecule has 0 bridgehead atoms. The van der Waals surface area contributed by atoms with Crippen LogP contribution in [0.15, 0.2) is 29.6 Å². The van der Waals surface area contributed by atoms with Gasteiger partial charge in [0.05, 0.1) is 35.1 Å². The van der Waals surface area contributed by atoms with Crippen molar-refractivity contribution < 1.29 is 0 Å². The molecule has 1 aromatic carbocycles. The van der Waals surface area contributed by atoms with Gasteiger partial charge in [0, 0.05) is 7.05 Å². The first-order valence-electron chi connectivity index (χ1n) is 5.99. The van der Waals surface area contributed by atoms with Crippen molar-refractivity contribution in [2.45, 2.75) is 6.54 Å². The number of hydrogen-bond acceptors (Lipinski definition) is 6. The van der Waals surface area contributed by atoms with Crippen molar-refractivity contribution in [1.29, 1.82) is 0 Å². The van der Waals surface area contributed by atoms with Crippen LogP contribution in [0.4, 0.5) is 11.4 Å². The number of aryl methyl sites for hydroxylation is 1. The van der Waals surface area contributed by atoms with Gasteiger partial charge >= 0.3 is 0 Å². The van der Waals surface area contributed by atoms with Crippen molar-refractivity contribution in [3.8, 4) is 0 Å². The van der Waals surface area contributed by atoms with Crippen LogP contribution >= 0.6 is 0 Å². The molecular weight excluding hydrogens is 258 g/mol. The van der Waals surface area contributed by atoms with Gasteiger partial charge in [0.2, 0.25) is 0 Å². The molecule has 0 atom stereocenters. The molecule has 4 N–H and O–H groups in total. The van der Waals surface area contributed by atoms with Crippen LogP contribution < -0.4 is 16.6 Å². The van der Waals surface area contributed by atoms with Crippen LogP contribution in [0.25, 0.3) is 10.9 Å². The number of hydrogen-bond donors (Lipinski definition) is 3. The van der Waals surface area contributed by atoms with E-state index in [9.17, 15) is 4.79 Å². The molecule has 0 spiro atoms. The van der Waals surface area contributed by atoms with Crippen LogP contribution in [0.3, 0.4) is 0 Å². The Hall–Kier alpha value is -2.90. The average molecular weight is 271 g/mol. The highest BCUT2D eigenvalue weighted by Crippen LogP contribution is 2.23. The van der Waals surface area contributed by atoms with Crippen molar-refractivity contribution in [1.82, 2.24) is 24.7 Å². The number of H-pyrrole nitrogens is 1. The zero-order valence-corrected chi connectivity index (χ0v) is 10.8. The number of nitrogens with zero attached hydrogens (tertiary/aromatic N) is 4. The summed E-state index contributed by atoms with van der Waals surface area (Å²) < 4.78 is 1.63. The minimum absolute atomic E-state index is 0.209. The highest BCUT2D eigenvalue weighted by atomic mass is 16.1. The number of nitrogen functional groups attached to an aromatic ring is 1. The Bertz CT molecular complexity index is 820. The van der Waals surface area contributed by atoms with Gasteiger partial charge in [-0.15, -0.1) is 0 Å². The number of nitrogens with one attached hydrogen (secondary N) is 2. The normalized spacial score (nSPS) is 10.8. The van der Waals surface area contributed by atoms with Gasteiger partial charge in [-0.3, -0.25) is 9.48 Å². The molecule has 0 fully saturated rings. The lowest BCUT2D eigenvalue weighted by molar-refractivity contribution is 0.747. The third-order valence-electron chi connectivity index (χ3n) is 2.90. The molecule has 0 saturated heterocycles. The monoisotopic (exact) mass is 271 g/mol. The van der Waals surface area contributed by atoms with Crippen LogP contribution in [0, 0.1) is 0 Å². The maximum Gasteiger partial charge on any atom is 0.258 e. The fraction of sp³-hybridized carbons (Fsp3) is 0.167. The average Bonchev–Trinajstić information content (AvgIpc) is 2.83. The van der Waals surface area contributed by atoms with E-state index in [1.165, 1.54) is 6.33 Å². The standard InChI is InChI=1S/C12H13N7O/c1-19-6-17-11(18-19)4-14-10-3-9-7(2-8(10)13)12(20)16-5-15-9/h2-3,5-6,14H,4,13H2,1H3,(H,15,16,20). The number of aromatic nitrogens is 5. The van der Waals surface area contributed by atoms with E-state index in [-0.39, 0.29) is 5.56 Å². The second-order valence-corrected chi connectivity index (χ2v) is 4.38. The number of nitrogens with two attached hydrogens (primary N) is 1. The van der Waals surface area contributed by atoms with E-state index >= 15 is 0 Å². The predicted molar refractivity (Wildman–Crippen MR) is 75.1 cm³/mol. The number of aromatic amines is 1. The predicted octanol–water partition coefficient (Wildman–Crippen LogP) is 0.246. The molecule has 20 heavy (non-hydrogen) atoms. The molecule has 102 valence electrons. The van der Waals surface area contributed by atoms with Gasteiger partial charge in [0.15, 0.2) is 5.82 Å². The zero-order valence-electron chi connectivity index (χ0n) is 10.8. The van der Waals surface area contributed by atoms with Gasteiger partial charge in [0.25, 0.3) is 5.56 Å². The molecule has 2 aromatic heterocycles. The number of anilines is 2. The van der Waals surface area contributed by atoms with E-state index in [4.69, 9.17) is 5.73 Å². The quantitative estimate of drug-likeness (QED) is 0.588. The van der Waals surface area contributed by atoms with Gasteiger partial charge in [-0.1, -0.05) is 0 Å². The van der Waals surface area contributed by atoms with E-state index in [2.05, 4.69) is 25.4 Å². The second-order valence-electron chi connectivity index (χ2n) is 4.38. The Morgan fingerprint density at radius 1 is 1.40 bits per heavy atom. The summed E-state index contributed by atoms with van der Waals surface area (Å²) in [5.74, 6) is 0.658. The maximum absolute atomic E-state index is 11.6. The van der Waals surface area contributed by atoms with Gasteiger partial charge in [0.1, 0.15) is 6.33 Å². The van der Waals surface area contributed by atoms with Crippen molar-refractivity contribution in [2.75, 3.05) is 11.1 Å². The van der Waals surface area contributed by atoms with Crippen molar-refractivity contribution in [3.05, 3.63) is 41.0 Å². The molecule has 8 nitrogen and oxygen atoms in total. The first-order chi connectivity index (χ1) is 9.63. The topological polar surface area (TPSA) is 115 Å². The number of rotatable bonds is 3. The van der Waals surface area contributed by atoms with Crippen molar-refractivity contribution in [3.63, 3.8) is 0 Å². The molecule has 0 saturated carbocycles. The largest absolute Gasteiger partial charge is 0.397 e. The van der Waals surface area contributed by atoms with Crippen LogP contribution in [0.2, 0.25) is 0 Å². The molecule has 0 radical (unpaired) electrons. The molecule has 0 amide bonds. The molecule has 8 heteroatoms. The first kappa shape index (κ1) is 12.2. The van der Waals surface area contributed by atoms with Gasteiger partial charge < -0.3 is 16.0 Å². The highest BCUT2D eigenvalue weighted by molar-refractivity contribution is 5.88. The molecule has 3 aromatic rings. The lowest BCUT2D eigenvalue weighted by Crippen LogP contribution is -2.09. The van der Waals surface area contributed by atoms with Crippen LogP contribution in [-0.2, 0) is 13.6 Å². The van der Waals surface area contributed by atoms with Gasteiger partial charge in [-0.25, -0.2) is 9.97 Å². The third kappa shape index (κ3) is 2.18. The van der Waals surface area contributed by atoms with E-state index in [0.717, 1.165) is 0 Å². The fourth-order valence-electron chi connectivity index (χ4n) is 1.92. The molecule has 2 heterocycles. The summed E-state index contributed by atoms with van der Waals surface area (Å²) >= 11 is 0. The summed E-state index contributed by atoms with van der Waals surface area (Å²) in [5.41, 5.74) is 7.49. The highest BCUT2D eigenvalue weighted by Gasteiger charge is 2.06. The van der Waals surface area contributed by atoms with Gasteiger partial charge in [-0.05, 0) is 12.1 Å². The Morgan fingerprint density at radius 2 is 2.25 bits per heavy atom. The zero-order chi connectivity index (χ0) is 14.1. The molecule has 0 aliphatic rings. The molecule has 0 aliphatic carbocycles. The van der Waals surface area contributed by atoms with E-state index in [1.807, 2.05) is 0 Å². The third-order valence-corrected chi connectivity index (χ3v) is 2.90. The minimum Gasteiger partial charge on any atom is -0.397 e. The van der Waals surface area contributed by atoms with E-state index in [1.54, 1.807) is 30.2 Å². The first-order valence-corrected chi connectivity index (χ1v) is 5.99. The summed E-state index contributed by atoms with van der Waals surface area (Å²) in [7, 11) is 1.80. The van der Waals surface area contributed by atoms with Crippen LogP contribution in [0.5, 0.6) is 0 Å². The van der Waals surface area contributed by atoms with Crippen LogP contribution in [-0.4, -0.2) is 24.7 Å². The SMILES string of the molecule is Cn1cnc(CNc2cc3nc[nH]c(=O)c3cc2N)n1. The Balaban J connectivity index is 1.91. The van der Waals surface area contributed by atoms with Crippen LogP contribution in [0.1, 0.15) is 5.82 Å². The Morgan fingerprint density at radius 3 is 3.00 bits per heavy atom. The summed E-state index contributed by atoms with van der Waals surface area (Å²) in [6.07, 6.45) is 2.99. The Kier molecular flexibility index (Phi) is 2.82. The molecular formula is C12H13N7O. The van der Waals surface area contributed by atoms with Crippen molar-refractivity contribution >= 4 is 22.3 Å². The molecule has 0 unspecified atom stereocenters. The van der Waals surface area contributed by atoms with E-state index in [0.29, 0.717) is 34.6 Å². The lowest BCUT2D eigenvalue weighted by Gasteiger charge is -2.08. The lowest BCUT2D eigenvalue weighted by atomic mass is 10.2. The summed E-state index contributed by atoms with van der Waals surface area (Å²) in [5, 5.41) is 7.77. The fourth-order valence-corrected chi connectivity index (χ4v) is 1.92. The summed E-state index contributed by atoms with van der Waals surface area (Å²) in [4.78, 5) is 22.4. The van der Waals surface area contributed by atoms with Gasteiger partial charge in [-0.2, -0.15) is 5.10 Å². The van der Waals surface area contributed by atoms with E-state index < -0.39 is 0 Å². The maximum atomic E-state index is 11.6. The molecule has 0 aliphatic heterocycles. The summed E-state index contributed by atoms with van der Waals surface area (Å²) in [6.45, 7) is 0.444. The number of fused-ring (bicyclic) bond motifs is 1. The molecule has 3 rings (SSSR count). The summed E-state index contributed by atoms with van der Waals surface area (Å²) in [6, 6.07) is 3.35.